The smallest absolute Gasteiger partial charge is 0.412 e. The number of hydrogen-bond donors (Lipinski definition) is 2. The summed E-state index contributed by atoms with van der Waals surface area (Å²) in [5.74, 6) is -1.23. The van der Waals surface area contributed by atoms with Crippen molar-refractivity contribution < 1.29 is 29.0 Å². The SMILES string of the molecule is C=CCOC(=O)CCN(C)C(=O)c1cccc(O)c1NC(=O)OCc1ccccc1. The van der Waals surface area contributed by atoms with Crippen LogP contribution < -0.4 is 5.32 Å². The molecule has 0 aliphatic heterocycles. The third kappa shape index (κ3) is 6.66. The molecule has 8 nitrogen and oxygen atoms in total. The van der Waals surface area contributed by atoms with E-state index in [1.165, 1.54) is 36.2 Å². The summed E-state index contributed by atoms with van der Waals surface area (Å²) in [5, 5.41) is 12.6. The van der Waals surface area contributed by atoms with E-state index in [1.807, 2.05) is 18.2 Å². The minimum Gasteiger partial charge on any atom is -0.506 e. The monoisotopic (exact) mass is 412 g/mol. The van der Waals surface area contributed by atoms with E-state index in [9.17, 15) is 19.5 Å². The Morgan fingerprint density at radius 3 is 2.53 bits per heavy atom. The van der Waals surface area contributed by atoms with E-state index >= 15 is 0 Å². The zero-order chi connectivity index (χ0) is 21.9. The van der Waals surface area contributed by atoms with Crippen LogP contribution in [0.4, 0.5) is 10.5 Å². The molecule has 0 fully saturated rings. The molecule has 2 aromatic carbocycles. The summed E-state index contributed by atoms with van der Waals surface area (Å²) in [6, 6.07) is 13.4. The van der Waals surface area contributed by atoms with Gasteiger partial charge in [-0.15, -0.1) is 0 Å². The maximum absolute atomic E-state index is 12.8. The summed E-state index contributed by atoms with van der Waals surface area (Å²) in [6.07, 6.45) is 0.635. The lowest BCUT2D eigenvalue weighted by Gasteiger charge is -2.19. The van der Waals surface area contributed by atoms with Crippen molar-refractivity contribution in [2.75, 3.05) is 25.5 Å². The number of carbonyl (C=O) groups excluding carboxylic acids is 3. The molecule has 2 aromatic rings. The Kier molecular flexibility index (Phi) is 8.43. The maximum Gasteiger partial charge on any atom is 0.412 e. The Bertz CT molecular complexity index is 898. The van der Waals surface area contributed by atoms with Gasteiger partial charge in [0.05, 0.1) is 17.7 Å². The second-order valence-electron chi connectivity index (χ2n) is 6.33. The van der Waals surface area contributed by atoms with Gasteiger partial charge in [0, 0.05) is 13.6 Å². The van der Waals surface area contributed by atoms with Gasteiger partial charge in [0.25, 0.3) is 5.91 Å². The van der Waals surface area contributed by atoms with E-state index < -0.39 is 18.0 Å². The highest BCUT2D eigenvalue weighted by molar-refractivity contribution is 6.04. The molecule has 2 rings (SSSR count). The molecule has 30 heavy (non-hydrogen) atoms. The standard InChI is InChI=1S/C22H24N2O6/c1-3-14-29-19(26)12-13-24(2)21(27)17-10-7-11-18(25)20(17)23-22(28)30-15-16-8-5-4-6-9-16/h3-11,25H,1,12-15H2,2H3,(H,23,28). The van der Waals surface area contributed by atoms with Crippen LogP contribution in [0.3, 0.4) is 0 Å². The van der Waals surface area contributed by atoms with Crippen molar-refractivity contribution in [3.8, 4) is 5.75 Å². The second-order valence-corrected chi connectivity index (χ2v) is 6.33. The van der Waals surface area contributed by atoms with Crippen molar-refractivity contribution in [2.45, 2.75) is 13.0 Å². The van der Waals surface area contributed by atoms with Crippen LogP contribution in [0.25, 0.3) is 0 Å². The normalized spacial score (nSPS) is 10.0. The quantitative estimate of drug-likeness (QED) is 0.372. The number of benzene rings is 2. The number of nitrogens with one attached hydrogen (secondary N) is 1. The Balaban J connectivity index is 2.02. The molecule has 8 heteroatoms. The Labute approximate surface area is 174 Å². The third-order valence-electron chi connectivity index (χ3n) is 4.07. The molecule has 0 aliphatic carbocycles. The van der Waals surface area contributed by atoms with E-state index in [-0.39, 0.29) is 43.2 Å². The first-order valence-electron chi connectivity index (χ1n) is 9.24. The molecule has 0 atom stereocenters. The first-order chi connectivity index (χ1) is 14.4. The lowest BCUT2D eigenvalue weighted by Crippen LogP contribution is -2.30. The van der Waals surface area contributed by atoms with Crippen molar-refractivity contribution >= 4 is 23.7 Å². The van der Waals surface area contributed by atoms with Gasteiger partial charge in [-0.1, -0.05) is 49.1 Å². The molecule has 0 saturated heterocycles. The van der Waals surface area contributed by atoms with Crippen LogP contribution in [0.15, 0.2) is 61.2 Å². The highest BCUT2D eigenvalue weighted by atomic mass is 16.5. The second kappa shape index (κ2) is 11.3. The van der Waals surface area contributed by atoms with Crippen molar-refractivity contribution in [2.24, 2.45) is 0 Å². The van der Waals surface area contributed by atoms with Gasteiger partial charge in [-0.25, -0.2) is 4.79 Å². The fourth-order valence-corrected chi connectivity index (χ4v) is 2.50. The molecular formula is C22H24N2O6. The summed E-state index contributed by atoms with van der Waals surface area (Å²) in [6.45, 7) is 3.69. The van der Waals surface area contributed by atoms with Gasteiger partial charge in [-0.05, 0) is 17.7 Å². The lowest BCUT2D eigenvalue weighted by atomic mass is 10.1. The largest absolute Gasteiger partial charge is 0.506 e. The van der Waals surface area contributed by atoms with E-state index in [0.29, 0.717) is 0 Å². The van der Waals surface area contributed by atoms with Gasteiger partial charge in [0.2, 0.25) is 0 Å². The van der Waals surface area contributed by atoms with Crippen LogP contribution in [-0.2, 0) is 20.9 Å². The Morgan fingerprint density at radius 1 is 1.10 bits per heavy atom. The number of para-hydroxylation sites is 1. The average Bonchev–Trinajstić information content (AvgIpc) is 2.76. The molecule has 0 saturated carbocycles. The first-order valence-corrected chi connectivity index (χ1v) is 9.24. The van der Waals surface area contributed by atoms with E-state index in [2.05, 4.69) is 11.9 Å². The molecule has 2 amide bonds. The predicted octanol–water partition coefficient (Wildman–Crippen LogP) is 3.33. The van der Waals surface area contributed by atoms with Crippen LogP contribution in [0.1, 0.15) is 22.3 Å². The topological polar surface area (TPSA) is 105 Å². The minimum atomic E-state index is -0.815. The molecule has 0 aromatic heterocycles. The molecule has 0 heterocycles. The number of esters is 1. The van der Waals surface area contributed by atoms with Crippen LogP contribution in [0.5, 0.6) is 5.75 Å². The molecule has 0 unspecified atom stereocenters. The van der Waals surface area contributed by atoms with E-state index in [4.69, 9.17) is 9.47 Å². The summed E-state index contributed by atoms with van der Waals surface area (Å²) in [7, 11) is 1.50. The summed E-state index contributed by atoms with van der Waals surface area (Å²) < 4.78 is 10.0. The maximum atomic E-state index is 12.8. The Hall–Kier alpha value is -3.81. The number of phenolic OH excluding ortho intramolecular Hbond substituents is 1. The molecule has 0 spiro atoms. The molecule has 0 bridgehead atoms. The molecule has 0 radical (unpaired) electrons. The summed E-state index contributed by atoms with van der Waals surface area (Å²) in [4.78, 5) is 37.8. The molecule has 0 aliphatic rings. The highest BCUT2D eigenvalue weighted by Gasteiger charge is 2.21. The number of anilines is 1. The summed E-state index contributed by atoms with van der Waals surface area (Å²) >= 11 is 0. The zero-order valence-electron chi connectivity index (χ0n) is 16.7. The van der Waals surface area contributed by atoms with Gasteiger partial charge < -0.3 is 19.5 Å². The molecule has 2 N–H and O–H groups in total. The number of aromatic hydroxyl groups is 1. The number of amides is 2. The zero-order valence-corrected chi connectivity index (χ0v) is 16.7. The van der Waals surface area contributed by atoms with Crippen LogP contribution in [0, 0.1) is 0 Å². The van der Waals surface area contributed by atoms with Gasteiger partial charge in [0.1, 0.15) is 19.0 Å². The predicted molar refractivity (Wildman–Crippen MR) is 111 cm³/mol. The van der Waals surface area contributed by atoms with Crippen molar-refractivity contribution in [3.05, 3.63) is 72.3 Å². The fraction of sp³-hybridized carbons (Fsp3) is 0.227. The van der Waals surface area contributed by atoms with E-state index in [1.54, 1.807) is 12.1 Å². The van der Waals surface area contributed by atoms with Crippen molar-refractivity contribution in [1.29, 1.82) is 0 Å². The number of phenols is 1. The van der Waals surface area contributed by atoms with Gasteiger partial charge in [-0.3, -0.25) is 14.9 Å². The number of carbonyl (C=O) groups is 3. The van der Waals surface area contributed by atoms with Crippen LogP contribution in [-0.4, -0.2) is 48.2 Å². The number of nitrogens with zero attached hydrogens (tertiary/aromatic N) is 1. The van der Waals surface area contributed by atoms with Crippen LogP contribution >= 0.6 is 0 Å². The summed E-state index contributed by atoms with van der Waals surface area (Å²) in [5.41, 5.74) is 0.791. The highest BCUT2D eigenvalue weighted by Crippen LogP contribution is 2.28. The van der Waals surface area contributed by atoms with Crippen molar-refractivity contribution in [3.63, 3.8) is 0 Å². The van der Waals surface area contributed by atoms with E-state index in [0.717, 1.165) is 5.56 Å². The lowest BCUT2D eigenvalue weighted by molar-refractivity contribution is -0.142. The third-order valence-corrected chi connectivity index (χ3v) is 4.07. The average molecular weight is 412 g/mol. The number of ether oxygens (including phenoxy) is 2. The van der Waals surface area contributed by atoms with Gasteiger partial charge in [-0.2, -0.15) is 0 Å². The van der Waals surface area contributed by atoms with Crippen molar-refractivity contribution in [1.82, 2.24) is 4.90 Å². The minimum absolute atomic E-state index is 0.00320. The number of rotatable bonds is 9. The fourth-order valence-electron chi connectivity index (χ4n) is 2.50. The molecular weight excluding hydrogens is 388 g/mol. The first kappa shape index (κ1) is 22.5. The molecule has 158 valence electrons. The van der Waals surface area contributed by atoms with Crippen LogP contribution in [0.2, 0.25) is 0 Å². The van der Waals surface area contributed by atoms with Gasteiger partial charge in [0.15, 0.2) is 0 Å². The Morgan fingerprint density at radius 2 is 1.83 bits per heavy atom. The number of hydrogen-bond acceptors (Lipinski definition) is 6. The van der Waals surface area contributed by atoms with Gasteiger partial charge >= 0.3 is 12.1 Å².